The molecule has 3 heterocycles. The summed E-state index contributed by atoms with van der Waals surface area (Å²) in [6, 6.07) is 17.8. The van der Waals surface area contributed by atoms with Crippen LogP contribution >= 0.6 is 11.8 Å². The number of anilines is 2. The minimum atomic E-state index is -0.643. The summed E-state index contributed by atoms with van der Waals surface area (Å²) in [6.45, 7) is 2.10. The lowest BCUT2D eigenvalue weighted by atomic mass is 10.1. The van der Waals surface area contributed by atoms with Gasteiger partial charge in [-0.05, 0) is 48.9 Å². The summed E-state index contributed by atoms with van der Waals surface area (Å²) >= 11 is 1.53. The molecule has 1 aliphatic rings. The molecule has 0 fully saturated rings. The van der Waals surface area contributed by atoms with Crippen LogP contribution in [0.25, 0.3) is 22.6 Å². The number of thioether (sulfide) groups is 1. The summed E-state index contributed by atoms with van der Waals surface area (Å²) in [7, 11) is 0. The van der Waals surface area contributed by atoms with E-state index in [0.29, 0.717) is 28.3 Å². The van der Waals surface area contributed by atoms with Crippen LogP contribution in [0.5, 0.6) is 5.88 Å². The van der Waals surface area contributed by atoms with Crippen molar-refractivity contribution in [1.82, 2.24) is 15.2 Å². The van der Waals surface area contributed by atoms with Gasteiger partial charge < -0.3 is 24.9 Å². The first-order valence-corrected chi connectivity index (χ1v) is 11.4. The molecule has 0 saturated carbocycles. The molecule has 1 atom stereocenters. The SMILES string of the molecule is CCCSc1nnc2c(n1)OC(c1ccc(-c3ccc(N([O-])O)cc3)o1)Nc1ccccc1-2. The zero-order valence-corrected chi connectivity index (χ0v) is 18.5. The Labute approximate surface area is 194 Å². The molecular formula is C23H20N5O4S-. The molecule has 1 aliphatic heterocycles. The number of ether oxygens (including phenoxy) is 1. The Morgan fingerprint density at radius 1 is 1.09 bits per heavy atom. The van der Waals surface area contributed by atoms with Gasteiger partial charge in [0.1, 0.15) is 5.76 Å². The van der Waals surface area contributed by atoms with Gasteiger partial charge in [-0.2, -0.15) is 4.98 Å². The number of para-hydroxylation sites is 1. The molecule has 2 aromatic heterocycles. The molecule has 0 amide bonds. The maximum atomic E-state index is 11.0. The number of nitrogens with zero attached hydrogens (tertiary/aromatic N) is 4. The molecule has 2 N–H and O–H groups in total. The standard InChI is InChI=1S/C23H20N5O4S/c1-2-13-33-23-25-22-20(26-27-23)16-5-3-4-6-17(16)24-21(32-22)19-12-11-18(31-19)14-7-9-15(10-8-14)28(29)30/h3-12,21,24,29H,2,13H2,1H3/q-1. The van der Waals surface area contributed by atoms with Gasteiger partial charge in [-0.15, -0.1) is 10.2 Å². The lowest BCUT2D eigenvalue weighted by Crippen LogP contribution is -2.16. The highest BCUT2D eigenvalue weighted by atomic mass is 32.2. The first kappa shape index (κ1) is 21.3. The summed E-state index contributed by atoms with van der Waals surface area (Å²) in [5.41, 5.74) is 3.12. The number of nitrogens with one attached hydrogen (secondary N) is 1. The summed E-state index contributed by atoms with van der Waals surface area (Å²) in [5, 5.41) is 32.5. The third-order valence-corrected chi connectivity index (χ3v) is 6.07. The molecule has 0 bridgehead atoms. The van der Waals surface area contributed by atoms with Crippen LogP contribution in [0, 0.1) is 5.21 Å². The normalized spacial score (nSPS) is 14.5. The quantitative estimate of drug-likeness (QED) is 0.281. The van der Waals surface area contributed by atoms with Crippen molar-refractivity contribution in [2.45, 2.75) is 24.7 Å². The van der Waals surface area contributed by atoms with Crippen LogP contribution in [0.2, 0.25) is 0 Å². The van der Waals surface area contributed by atoms with Crippen LogP contribution in [0.1, 0.15) is 25.3 Å². The number of rotatable bonds is 6. The fraction of sp³-hybridized carbons (Fsp3) is 0.174. The Kier molecular flexibility index (Phi) is 5.86. The third kappa shape index (κ3) is 4.36. The monoisotopic (exact) mass is 462 g/mol. The predicted octanol–water partition coefficient (Wildman–Crippen LogP) is 5.50. The zero-order chi connectivity index (χ0) is 22.8. The molecule has 0 saturated heterocycles. The third-order valence-electron chi connectivity index (χ3n) is 5.03. The van der Waals surface area contributed by atoms with Crippen molar-refractivity contribution in [1.29, 1.82) is 0 Å². The van der Waals surface area contributed by atoms with E-state index in [9.17, 15) is 5.21 Å². The second-order valence-electron chi connectivity index (χ2n) is 7.31. The van der Waals surface area contributed by atoms with Crippen molar-refractivity contribution >= 4 is 23.1 Å². The molecule has 33 heavy (non-hydrogen) atoms. The largest absolute Gasteiger partial charge is 0.733 e. The van der Waals surface area contributed by atoms with Crippen LogP contribution in [-0.4, -0.2) is 26.1 Å². The first-order valence-electron chi connectivity index (χ1n) is 10.4. The van der Waals surface area contributed by atoms with E-state index in [1.54, 1.807) is 12.1 Å². The maximum absolute atomic E-state index is 11.0. The number of furan rings is 1. The average Bonchev–Trinajstić information content (AvgIpc) is 3.27. The molecule has 9 nitrogen and oxygen atoms in total. The van der Waals surface area contributed by atoms with Crippen molar-refractivity contribution in [3.8, 4) is 28.5 Å². The number of fused-ring (bicyclic) bond motifs is 3. The summed E-state index contributed by atoms with van der Waals surface area (Å²) in [4.78, 5) is 4.60. The fourth-order valence-corrected chi connectivity index (χ4v) is 4.07. The second-order valence-corrected chi connectivity index (χ2v) is 8.37. The lowest BCUT2D eigenvalue weighted by Gasteiger charge is -2.21. The van der Waals surface area contributed by atoms with Gasteiger partial charge >= 0.3 is 0 Å². The Bertz CT molecular complexity index is 1260. The van der Waals surface area contributed by atoms with E-state index in [4.69, 9.17) is 14.4 Å². The molecule has 0 spiro atoms. The van der Waals surface area contributed by atoms with Crippen LogP contribution in [0.15, 0.2) is 70.2 Å². The Morgan fingerprint density at radius 3 is 2.70 bits per heavy atom. The molecule has 5 rings (SSSR count). The van der Waals surface area contributed by atoms with E-state index in [0.717, 1.165) is 29.0 Å². The van der Waals surface area contributed by atoms with E-state index in [-0.39, 0.29) is 10.9 Å². The second kappa shape index (κ2) is 9.10. The van der Waals surface area contributed by atoms with E-state index >= 15 is 0 Å². The van der Waals surface area contributed by atoms with Crippen molar-refractivity contribution in [3.05, 3.63) is 71.6 Å². The number of hydrogen-bond acceptors (Lipinski definition) is 10. The van der Waals surface area contributed by atoms with Crippen LogP contribution < -0.4 is 15.3 Å². The highest BCUT2D eigenvalue weighted by Gasteiger charge is 2.28. The van der Waals surface area contributed by atoms with Crippen LogP contribution in [-0.2, 0) is 0 Å². The van der Waals surface area contributed by atoms with Crippen molar-refractivity contribution < 1.29 is 14.4 Å². The summed E-state index contributed by atoms with van der Waals surface area (Å²) in [5.74, 6) is 2.41. The van der Waals surface area contributed by atoms with E-state index in [1.807, 2.05) is 36.4 Å². The summed E-state index contributed by atoms with van der Waals surface area (Å²) in [6.07, 6.45) is 0.357. The van der Waals surface area contributed by atoms with Gasteiger partial charge in [0, 0.05) is 22.6 Å². The van der Waals surface area contributed by atoms with Crippen molar-refractivity contribution in [2.24, 2.45) is 0 Å². The Balaban J connectivity index is 1.48. The minimum Gasteiger partial charge on any atom is -0.733 e. The Hall–Kier alpha value is -3.60. The zero-order valence-electron chi connectivity index (χ0n) is 17.6. The van der Waals surface area contributed by atoms with Gasteiger partial charge in [-0.25, -0.2) is 0 Å². The van der Waals surface area contributed by atoms with Crippen molar-refractivity contribution in [2.75, 3.05) is 16.3 Å². The van der Waals surface area contributed by atoms with Crippen LogP contribution in [0.3, 0.4) is 0 Å². The molecule has 1 unspecified atom stereocenters. The number of benzene rings is 2. The van der Waals surface area contributed by atoms with Gasteiger partial charge in [0.15, 0.2) is 11.5 Å². The summed E-state index contributed by atoms with van der Waals surface area (Å²) < 4.78 is 12.3. The molecule has 0 aliphatic carbocycles. The van der Waals surface area contributed by atoms with Crippen molar-refractivity contribution in [3.63, 3.8) is 0 Å². The van der Waals surface area contributed by atoms with Gasteiger partial charge in [0.05, 0.1) is 5.69 Å². The van der Waals surface area contributed by atoms with Gasteiger partial charge in [0.2, 0.25) is 17.3 Å². The van der Waals surface area contributed by atoms with Crippen LogP contribution in [0.4, 0.5) is 11.4 Å². The smallest absolute Gasteiger partial charge is 0.247 e. The predicted molar refractivity (Wildman–Crippen MR) is 125 cm³/mol. The lowest BCUT2D eigenvalue weighted by molar-refractivity contribution is 0.196. The number of hydrogen-bond donors (Lipinski definition) is 2. The Morgan fingerprint density at radius 2 is 1.91 bits per heavy atom. The maximum Gasteiger partial charge on any atom is 0.247 e. The average molecular weight is 463 g/mol. The molecular weight excluding hydrogens is 442 g/mol. The first-order chi connectivity index (χ1) is 16.1. The fourth-order valence-electron chi connectivity index (χ4n) is 3.43. The molecule has 0 radical (unpaired) electrons. The topological polar surface area (TPSA) is 120 Å². The van der Waals surface area contributed by atoms with E-state index < -0.39 is 6.23 Å². The van der Waals surface area contributed by atoms with E-state index in [2.05, 4.69) is 27.4 Å². The molecule has 4 aromatic rings. The highest BCUT2D eigenvalue weighted by Crippen LogP contribution is 2.40. The van der Waals surface area contributed by atoms with Gasteiger partial charge in [0.25, 0.3) is 0 Å². The molecule has 168 valence electrons. The molecule has 2 aromatic carbocycles. The van der Waals surface area contributed by atoms with E-state index in [1.165, 1.54) is 23.9 Å². The number of aromatic nitrogens is 3. The minimum absolute atomic E-state index is 0.136. The highest BCUT2D eigenvalue weighted by molar-refractivity contribution is 7.99. The van der Waals surface area contributed by atoms with Gasteiger partial charge in [-0.1, -0.05) is 36.9 Å². The van der Waals surface area contributed by atoms with Gasteiger partial charge in [-0.3, -0.25) is 5.21 Å². The molecule has 10 heteroatoms.